The maximum Gasteiger partial charge on any atom is 0.00966 e. The van der Waals surface area contributed by atoms with Crippen molar-refractivity contribution in [3.63, 3.8) is 0 Å². The van der Waals surface area contributed by atoms with Crippen molar-refractivity contribution in [2.24, 2.45) is 0 Å². The number of nitrogens with zero attached hydrogens (tertiary/aromatic N) is 1. The Morgan fingerprint density at radius 3 is 2.00 bits per heavy atom. The highest BCUT2D eigenvalue weighted by atomic mass is 15.2. The van der Waals surface area contributed by atoms with Gasteiger partial charge in [-0.25, -0.2) is 0 Å². The van der Waals surface area contributed by atoms with Crippen molar-refractivity contribution < 1.29 is 0 Å². The van der Waals surface area contributed by atoms with Gasteiger partial charge in [0.2, 0.25) is 0 Å². The van der Waals surface area contributed by atoms with Crippen LogP contribution in [-0.4, -0.2) is 24.0 Å². The van der Waals surface area contributed by atoms with E-state index in [9.17, 15) is 0 Å². The van der Waals surface area contributed by atoms with Gasteiger partial charge in [0.05, 0.1) is 0 Å². The second-order valence-corrected chi connectivity index (χ2v) is 4.54. The first kappa shape index (κ1) is 8.49. The summed E-state index contributed by atoms with van der Waals surface area (Å²) in [6.07, 6.45) is 5.39. The van der Waals surface area contributed by atoms with Gasteiger partial charge in [0, 0.05) is 19.1 Å². The number of rotatable bonds is 1. The molecule has 0 atom stereocenters. The van der Waals surface area contributed by atoms with E-state index in [0.717, 1.165) is 6.04 Å². The van der Waals surface area contributed by atoms with Crippen LogP contribution in [-0.2, 0) is 12.8 Å². The zero-order valence-electron chi connectivity index (χ0n) is 8.58. The smallest absolute Gasteiger partial charge is 0.00966 e. The number of fused-ring (bicyclic) bond motifs is 1. The van der Waals surface area contributed by atoms with Gasteiger partial charge in [-0.15, -0.1) is 0 Å². The minimum Gasteiger partial charge on any atom is -0.300 e. The van der Waals surface area contributed by atoms with Crippen LogP contribution in [0.2, 0.25) is 0 Å². The molecule has 0 N–H and O–H groups in total. The maximum absolute atomic E-state index is 2.68. The second kappa shape index (κ2) is 3.39. The van der Waals surface area contributed by atoms with Crippen LogP contribution < -0.4 is 0 Å². The van der Waals surface area contributed by atoms with E-state index in [-0.39, 0.29) is 0 Å². The first-order valence-electron chi connectivity index (χ1n) is 5.74. The summed E-state index contributed by atoms with van der Waals surface area (Å²) in [5.41, 5.74) is 3.16. The molecule has 1 fully saturated rings. The molecule has 1 aromatic carbocycles. The third-order valence-electron chi connectivity index (χ3n) is 3.52. The molecular formula is C13H17N. The van der Waals surface area contributed by atoms with E-state index in [2.05, 4.69) is 29.2 Å². The topological polar surface area (TPSA) is 3.24 Å². The molecule has 1 aromatic rings. The summed E-state index contributed by atoms with van der Waals surface area (Å²) >= 11 is 0. The molecule has 0 radical (unpaired) electrons. The van der Waals surface area contributed by atoms with Gasteiger partial charge in [-0.05, 0) is 36.8 Å². The number of hydrogen-bond acceptors (Lipinski definition) is 1. The molecular weight excluding hydrogens is 170 g/mol. The zero-order valence-corrected chi connectivity index (χ0v) is 8.58. The third kappa shape index (κ3) is 1.57. The van der Waals surface area contributed by atoms with Crippen LogP contribution in [0.1, 0.15) is 24.0 Å². The molecule has 2 aliphatic rings. The monoisotopic (exact) mass is 187 g/mol. The van der Waals surface area contributed by atoms with Crippen molar-refractivity contribution in [1.82, 2.24) is 4.90 Å². The highest BCUT2D eigenvalue weighted by Crippen LogP contribution is 2.28. The molecule has 1 aliphatic carbocycles. The summed E-state index contributed by atoms with van der Waals surface area (Å²) < 4.78 is 0. The van der Waals surface area contributed by atoms with Gasteiger partial charge in [0.25, 0.3) is 0 Å². The summed E-state index contributed by atoms with van der Waals surface area (Å²) in [7, 11) is 0. The predicted molar refractivity (Wildman–Crippen MR) is 58.4 cm³/mol. The summed E-state index contributed by atoms with van der Waals surface area (Å²) in [6.45, 7) is 2.56. The van der Waals surface area contributed by atoms with Crippen molar-refractivity contribution in [3.05, 3.63) is 35.4 Å². The first-order chi connectivity index (χ1) is 6.93. The molecule has 3 rings (SSSR count). The summed E-state index contributed by atoms with van der Waals surface area (Å²) in [4.78, 5) is 2.68. The molecule has 0 saturated heterocycles. The fraction of sp³-hybridized carbons (Fsp3) is 0.538. The van der Waals surface area contributed by atoms with Gasteiger partial charge in [0.1, 0.15) is 0 Å². The van der Waals surface area contributed by atoms with E-state index in [0.29, 0.717) is 0 Å². The lowest BCUT2D eigenvalue weighted by atomic mass is 10.0. The summed E-state index contributed by atoms with van der Waals surface area (Å²) in [5.74, 6) is 0. The minimum atomic E-state index is 0.935. The zero-order chi connectivity index (χ0) is 9.38. The van der Waals surface area contributed by atoms with Gasteiger partial charge in [0.15, 0.2) is 0 Å². The molecule has 74 valence electrons. The average molecular weight is 187 g/mol. The van der Waals surface area contributed by atoms with E-state index in [4.69, 9.17) is 0 Å². The molecule has 1 saturated carbocycles. The van der Waals surface area contributed by atoms with Crippen molar-refractivity contribution in [1.29, 1.82) is 0 Å². The van der Waals surface area contributed by atoms with Crippen molar-refractivity contribution in [2.45, 2.75) is 31.7 Å². The number of benzene rings is 1. The standard InChI is InChI=1S/C13H17N/c1-2-4-12-8-10-14(13-5-6-13)9-7-11(12)3-1/h1-4,13H,5-10H2. The summed E-state index contributed by atoms with van der Waals surface area (Å²) in [5, 5.41) is 0. The van der Waals surface area contributed by atoms with E-state index in [1.165, 1.54) is 38.8 Å². The Kier molecular flexibility index (Phi) is 2.06. The third-order valence-corrected chi connectivity index (χ3v) is 3.52. The fourth-order valence-corrected chi connectivity index (χ4v) is 2.49. The van der Waals surface area contributed by atoms with Gasteiger partial charge >= 0.3 is 0 Å². The normalized spacial score (nSPS) is 22.9. The quantitative estimate of drug-likeness (QED) is 0.652. The maximum atomic E-state index is 2.68. The molecule has 1 aliphatic heterocycles. The van der Waals surface area contributed by atoms with Crippen LogP contribution in [0.25, 0.3) is 0 Å². The minimum absolute atomic E-state index is 0.935. The first-order valence-corrected chi connectivity index (χ1v) is 5.74. The average Bonchev–Trinajstić information content (AvgIpc) is 3.03. The lowest BCUT2D eigenvalue weighted by Crippen LogP contribution is -2.28. The van der Waals surface area contributed by atoms with E-state index in [1.54, 1.807) is 11.1 Å². The van der Waals surface area contributed by atoms with E-state index < -0.39 is 0 Å². The molecule has 0 amide bonds. The Hall–Kier alpha value is -0.820. The largest absolute Gasteiger partial charge is 0.300 e. The Labute approximate surface area is 85.7 Å². The van der Waals surface area contributed by atoms with Crippen molar-refractivity contribution in [2.75, 3.05) is 13.1 Å². The van der Waals surface area contributed by atoms with Crippen LogP contribution in [0.15, 0.2) is 24.3 Å². The molecule has 1 nitrogen and oxygen atoms in total. The molecule has 0 unspecified atom stereocenters. The van der Waals surface area contributed by atoms with Crippen LogP contribution in [0.3, 0.4) is 0 Å². The molecule has 0 bridgehead atoms. The molecule has 1 heterocycles. The Morgan fingerprint density at radius 2 is 1.50 bits per heavy atom. The van der Waals surface area contributed by atoms with Crippen LogP contribution in [0, 0.1) is 0 Å². The van der Waals surface area contributed by atoms with Crippen molar-refractivity contribution in [3.8, 4) is 0 Å². The van der Waals surface area contributed by atoms with Gasteiger partial charge in [-0.3, -0.25) is 4.90 Å². The van der Waals surface area contributed by atoms with Gasteiger partial charge in [-0.2, -0.15) is 0 Å². The predicted octanol–water partition coefficient (Wildman–Crippen LogP) is 2.25. The molecule has 14 heavy (non-hydrogen) atoms. The highest BCUT2D eigenvalue weighted by molar-refractivity contribution is 5.28. The lowest BCUT2D eigenvalue weighted by Gasteiger charge is -2.18. The van der Waals surface area contributed by atoms with Crippen molar-refractivity contribution >= 4 is 0 Å². The number of hydrogen-bond donors (Lipinski definition) is 0. The molecule has 0 spiro atoms. The summed E-state index contributed by atoms with van der Waals surface area (Å²) in [6, 6.07) is 9.87. The van der Waals surface area contributed by atoms with Gasteiger partial charge in [-0.1, -0.05) is 24.3 Å². The Balaban J connectivity index is 1.79. The van der Waals surface area contributed by atoms with E-state index in [1.807, 2.05) is 0 Å². The SMILES string of the molecule is c1ccc2c(c1)CCN(C1CC1)CC2. The van der Waals surface area contributed by atoms with Crippen LogP contribution in [0.4, 0.5) is 0 Å². The molecule has 1 heteroatoms. The second-order valence-electron chi connectivity index (χ2n) is 4.54. The van der Waals surface area contributed by atoms with E-state index >= 15 is 0 Å². The van der Waals surface area contributed by atoms with Gasteiger partial charge < -0.3 is 0 Å². The molecule has 0 aromatic heterocycles. The lowest BCUT2D eigenvalue weighted by molar-refractivity contribution is 0.277. The Bertz CT molecular complexity index is 301. The highest BCUT2D eigenvalue weighted by Gasteiger charge is 2.29. The fourth-order valence-electron chi connectivity index (χ4n) is 2.49. The van der Waals surface area contributed by atoms with Crippen LogP contribution in [0.5, 0.6) is 0 Å². The Morgan fingerprint density at radius 1 is 0.929 bits per heavy atom. The van der Waals surface area contributed by atoms with Crippen LogP contribution >= 0.6 is 0 Å².